The van der Waals surface area contributed by atoms with Crippen molar-refractivity contribution in [2.45, 2.75) is 37.0 Å². The van der Waals surface area contributed by atoms with Gasteiger partial charge in [0.15, 0.2) is 5.67 Å². The fourth-order valence-electron chi connectivity index (χ4n) is 5.37. The number of carbonyl (C=O) groups excluding carboxylic acids is 1. The van der Waals surface area contributed by atoms with Crippen molar-refractivity contribution in [2.24, 2.45) is 23.7 Å². The molecule has 23 heavy (non-hydrogen) atoms. The topological polar surface area (TPSA) is 23.6 Å². The van der Waals surface area contributed by atoms with Crippen LogP contribution in [-0.4, -0.2) is 59.8 Å². The molecule has 5 heteroatoms. The second-order valence-corrected chi connectivity index (χ2v) is 8.61. The SMILES string of the molecule is O=C1N(CC2CC2)C[C@@]2(F)CN(C[C@@H]3C[C@@H]4C=C[C@H]3C4)C[C@@]12F. The Bertz CT molecular complexity index is 577. The van der Waals surface area contributed by atoms with E-state index in [4.69, 9.17) is 0 Å². The molecule has 1 amide bonds. The maximum atomic E-state index is 15.3. The minimum atomic E-state index is -2.31. The second-order valence-electron chi connectivity index (χ2n) is 8.61. The first-order valence-electron chi connectivity index (χ1n) is 9.05. The minimum Gasteiger partial charge on any atom is -0.336 e. The summed E-state index contributed by atoms with van der Waals surface area (Å²) in [5.74, 6) is 1.63. The van der Waals surface area contributed by atoms with Gasteiger partial charge in [-0.05, 0) is 49.4 Å². The van der Waals surface area contributed by atoms with Crippen molar-refractivity contribution in [1.29, 1.82) is 0 Å². The lowest BCUT2D eigenvalue weighted by Crippen LogP contribution is -2.47. The van der Waals surface area contributed by atoms with Gasteiger partial charge in [0.1, 0.15) is 0 Å². The van der Waals surface area contributed by atoms with Gasteiger partial charge in [-0.2, -0.15) is 0 Å². The summed E-state index contributed by atoms with van der Waals surface area (Å²) in [6.45, 7) is 1.26. The molecule has 0 N–H and O–H groups in total. The van der Waals surface area contributed by atoms with Gasteiger partial charge in [-0.15, -0.1) is 0 Å². The molecule has 5 rings (SSSR count). The molecule has 2 heterocycles. The maximum absolute atomic E-state index is 15.3. The lowest BCUT2D eigenvalue weighted by molar-refractivity contribution is -0.139. The largest absolute Gasteiger partial charge is 0.336 e. The summed E-state index contributed by atoms with van der Waals surface area (Å²) in [5.41, 5.74) is -4.32. The van der Waals surface area contributed by atoms with Gasteiger partial charge >= 0.3 is 0 Å². The number of hydrogen-bond acceptors (Lipinski definition) is 2. The number of rotatable bonds is 4. The van der Waals surface area contributed by atoms with Crippen molar-refractivity contribution in [3.63, 3.8) is 0 Å². The molecule has 3 aliphatic carbocycles. The van der Waals surface area contributed by atoms with Crippen LogP contribution in [0.3, 0.4) is 0 Å². The summed E-state index contributed by atoms with van der Waals surface area (Å²) < 4.78 is 30.6. The van der Waals surface area contributed by atoms with Crippen LogP contribution in [0.5, 0.6) is 0 Å². The molecule has 0 aromatic carbocycles. The number of allylic oxidation sites excluding steroid dienone is 2. The predicted octanol–water partition coefficient (Wildman–Crippen LogP) is 2.18. The first kappa shape index (κ1) is 14.4. The van der Waals surface area contributed by atoms with Crippen LogP contribution in [0.4, 0.5) is 8.78 Å². The van der Waals surface area contributed by atoms with Crippen molar-refractivity contribution in [1.82, 2.24) is 9.80 Å². The van der Waals surface area contributed by atoms with E-state index in [2.05, 4.69) is 12.2 Å². The zero-order chi connectivity index (χ0) is 15.8. The van der Waals surface area contributed by atoms with Crippen molar-refractivity contribution in [2.75, 3.05) is 32.7 Å². The van der Waals surface area contributed by atoms with E-state index in [1.54, 1.807) is 0 Å². The Labute approximate surface area is 135 Å². The Balaban J connectivity index is 1.29. The molecule has 2 bridgehead atoms. The van der Waals surface area contributed by atoms with Crippen molar-refractivity contribution < 1.29 is 13.6 Å². The summed E-state index contributed by atoms with van der Waals surface area (Å²) in [7, 11) is 0. The number of hydrogen-bond donors (Lipinski definition) is 0. The third-order valence-electron chi connectivity index (χ3n) is 6.78. The lowest BCUT2D eigenvalue weighted by atomic mass is 9.93. The van der Waals surface area contributed by atoms with Crippen LogP contribution in [0.2, 0.25) is 0 Å². The predicted molar refractivity (Wildman–Crippen MR) is 82.3 cm³/mol. The quantitative estimate of drug-likeness (QED) is 0.741. The summed E-state index contributed by atoms with van der Waals surface area (Å²) in [6, 6.07) is 0. The molecule has 5 aliphatic rings. The Morgan fingerprint density at radius 2 is 1.91 bits per heavy atom. The van der Waals surface area contributed by atoms with Gasteiger partial charge in [0.05, 0.1) is 6.54 Å². The highest BCUT2D eigenvalue weighted by atomic mass is 19.2. The molecule has 4 fully saturated rings. The van der Waals surface area contributed by atoms with Crippen LogP contribution in [0.1, 0.15) is 25.7 Å². The molecule has 2 saturated heterocycles. The minimum absolute atomic E-state index is 0.0496. The average molecular weight is 322 g/mol. The van der Waals surface area contributed by atoms with Crippen LogP contribution >= 0.6 is 0 Å². The van der Waals surface area contributed by atoms with Gasteiger partial charge in [-0.3, -0.25) is 9.69 Å². The van der Waals surface area contributed by atoms with Gasteiger partial charge < -0.3 is 4.90 Å². The molecule has 0 aromatic heterocycles. The van der Waals surface area contributed by atoms with Crippen LogP contribution in [0, 0.1) is 23.7 Å². The standard InChI is InChI=1S/C18H24F2N2O/c19-17-9-21(8-15-6-13-3-4-14(15)5-13)11-18(17,20)16(23)22(10-17)7-12-1-2-12/h3-4,12-15H,1-2,5-11H2/t13-,14+,15+,17+,18-/m1/s1. The Morgan fingerprint density at radius 1 is 1.09 bits per heavy atom. The van der Waals surface area contributed by atoms with Crippen LogP contribution in [0.15, 0.2) is 12.2 Å². The molecule has 0 spiro atoms. The Morgan fingerprint density at radius 3 is 2.52 bits per heavy atom. The average Bonchev–Trinajstić information content (AvgIpc) is 2.90. The fraction of sp³-hybridized carbons (Fsp3) is 0.833. The van der Waals surface area contributed by atoms with Crippen LogP contribution in [0.25, 0.3) is 0 Å². The Kier molecular flexibility index (Phi) is 2.85. The van der Waals surface area contributed by atoms with Gasteiger partial charge in [0, 0.05) is 26.2 Å². The van der Waals surface area contributed by atoms with E-state index in [1.807, 2.05) is 4.90 Å². The van der Waals surface area contributed by atoms with Crippen LogP contribution in [-0.2, 0) is 4.79 Å². The Hall–Kier alpha value is -0.970. The van der Waals surface area contributed by atoms with E-state index < -0.39 is 17.2 Å². The molecule has 3 nitrogen and oxygen atoms in total. The summed E-state index contributed by atoms with van der Waals surface area (Å²) in [4.78, 5) is 15.8. The summed E-state index contributed by atoms with van der Waals surface area (Å²) in [5, 5.41) is 0. The van der Waals surface area contributed by atoms with Gasteiger partial charge in [-0.25, -0.2) is 8.78 Å². The highest BCUT2D eigenvalue weighted by Gasteiger charge is 2.71. The third kappa shape index (κ3) is 2.04. The molecular formula is C18H24F2N2O. The second kappa shape index (κ2) is 4.56. The third-order valence-corrected chi connectivity index (χ3v) is 6.78. The number of amides is 1. The van der Waals surface area contributed by atoms with Crippen molar-refractivity contribution in [3.8, 4) is 0 Å². The number of likely N-dealkylation sites (tertiary alicyclic amines) is 2. The molecule has 0 aromatic rings. The zero-order valence-electron chi connectivity index (χ0n) is 13.4. The molecule has 126 valence electrons. The van der Waals surface area contributed by atoms with Crippen molar-refractivity contribution in [3.05, 3.63) is 12.2 Å². The van der Waals surface area contributed by atoms with E-state index in [1.165, 1.54) is 11.3 Å². The van der Waals surface area contributed by atoms with E-state index in [9.17, 15) is 4.79 Å². The number of nitrogens with zero attached hydrogens (tertiary/aromatic N) is 2. The molecule has 2 aliphatic heterocycles. The van der Waals surface area contributed by atoms with E-state index in [0.29, 0.717) is 30.2 Å². The number of alkyl halides is 2. The first-order chi connectivity index (χ1) is 11.0. The maximum Gasteiger partial charge on any atom is 0.265 e. The molecule has 0 radical (unpaired) electrons. The first-order valence-corrected chi connectivity index (χ1v) is 9.05. The number of carbonyl (C=O) groups is 1. The molecule has 0 unspecified atom stereocenters. The fourth-order valence-corrected chi connectivity index (χ4v) is 5.37. The van der Waals surface area contributed by atoms with E-state index in [-0.39, 0.29) is 19.6 Å². The highest BCUT2D eigenvalue weighted by Crippen LogP contribution is 2.49. The normalized spacial score (nSPS) is 48.7. The molecule has 2 saturated carbocycles. The van der Waals surface area contributed by atoms with Crippen LogP contribution < -0.4 is 0 Å². The van der Waals surface area contributed by atoms with Crippen molar-refractivity contribution >= 4 is 5.91 Å². The smallest absolute Gasteiger partial charge is 0.265 e. The van der Waals surface area contributed by atoms with Gasteiger partial charge in [0.2, 0.25) is 5.67 Å². The summed E-state index contributed by atoms with van der Waals surface area (Å²) >= 11 is 0. The molecule has 5 atom stereocenters. The molecular weight excluding hydrogens is 298 g/mol. The lowest BCUT2D eigenvalue weighted by Gasteiger charge is -2.27. The summed E-state index contributed by atoms with van der Waals surface area (Å²) in [6.07, 6.45) is 9.08. The number of fused-ring (bicyclic) bond motifs is 3. The zero-order valence-corrected chi connectivity index (χ0v) is 13.4. The van der Waals surface area contributed by atoms with Gasteiger partial charge in [-0.1, -0.05) is 12.2 Å². The van der Waals surface area contributed by atoms with E-state index >= 15 is 8.78 Å². The highest BCUT2D eigenvalue weighted by molar-refractivity contribution is 5.90. The van der Waals surface area contributed by atoms with Gasteiger partial charge in [0.25, 0.3) is 5.91 Å². The number of halogens is 2. The van der Waals surface area contributed by atoms with E-state index in [0.717, 1.165) is 25.8 Å². The monoisotopic (exact) mass is 322 g/mol.